The van der Waals surface area contributed by atoms with Crippen LogP contribution in [-0.4, -0.2) is 14.8 Å². The smallest absolute Gasteiger partial charge is 0.149 e. The van der Waals surface area contributed by atoms with Gasteiger partial charge in [0.25, 0.3) is 0 Å². The Kier molecular flexibility index (Phi) is 3.05. The maximum absolute atomic E-state index is 13.8. The molecular weight excluding hydrogens is 273 g/mol. The van der Waals surface area contributed by atoms with E-state index in [0.717, 1.165) is 5.56 Å². The van der Waals surface area contributed by atoms with Gasteiger partial charge < -0.3 is 0 Å². The van der Waals surface area contributed by atoms with E-state index in [1.807, 2.05) is 13.0 Å². The Morgan fingerprint density at radius 3 is 2.69 bits per heavy atom. The molecule has 0 radical (unpaired) electrons. The number of alkyl halides is 1. The summed E-state index contributed by atoms with van der Waals surface area (Å²) in [5.41, 5.74) is 1.32. The minimum Gasteiger partial charge on any atom is -0.217 e. The van der Waals surface area contributed by atoms with Crippen molar-refractivity contribution in [3.8, 4) is 5.69 Å². The highest BCUT2D eigenvalue weighted by atomic mass is 79.9. The third-order valence-electron chi connectivity index (χ3n) is 2.30. The van der Waals surface area contributed by atoms with Crippen LogP contribution in [0.15, 0.2) is 18.2 Å². The number of para-hydroxylation sites is 1. The average Bonchev–Trinajstić information content (AvgIpc) is 2.57. The number of hydrogen-bond donors (Lipinski definition) is 0. The molecule has 0 saturated carbocycles. The van der Waals surface area contributed by atoms with Gasteiger partial charge in [-0.05, 0) is 25.5 Å². The lowest BCUT2D eigenvalue weighted by Crippen LogP contribution is -2.05. The van der Waals surface area contributed by atoms with Crippen molar-refractivity contribution >= 4 is 15.9 Å². The zero-order chi connectivity index (χ0) is 11.7. The van der Waals surface area contributed by atoms with Gasteiger partial charge in [0.1, 0.15) is 23.2 Å². The normalized spacial score (nSPS) is 10.8. The van der Waals surface area contributed by atoms with Gasteiger partial charge in [-0.25, -0.2) is 14.1 Å². The number of aromatic nitrogens is 3. The van der Waals surface area contributed by atoms with Crippen LogP contribution < -0.4 is 0 Å². The zero-order valence-corrected chi connectivity index (χ0v) is 10.6. The van der Waals surface area contributed by atoms with Gasteiger partial charge in [0.2, 0.25) is 0 Å². The summed E-state index contributed by atoms with van der Waals surface area (Å²) in [6.45, 7) is 3.60. The molecule has 0 N–H and O–H groups in total. The molecule has 1 aromatic carbocycles. The van der Waals surface area contributed by atoms with Gasteiger partial charge in [-0.2, -0.15) is 5.10 Å². The number of nitrogens with zero attached hydrogens (tertiary/aromatic N) is 3. The van der Waals surface area contributed by atoms with Crippen LogP contribution in [0.25, 0.3) is 5.69 Å². The summed E-state index contributed by atoms with van der Waals surface area (Å²) in [4.78, 5) is 4.17. The number of rotatable bonds is 2. The molecule has 0 unspecified atom stereocenters. The number of benzene rings is 1. The summed E-state index contributed by atoms with van der Waals surface area (Å²) in [6, 6.07) is 4.98. The molecule has 2 aromatic rings. The van der Waals surface area contributed by atoms with E-state index >= 15 is 0 Å². The van der Waals surface area contributed by atoms with Gasteiger partial charge in [0.15, 0.2) is 0 Å². The molecule has 0 aliphatic rings. The van der Waals surface area contributed by atoms with E-state index in [-0.39, 0.29) is 5.82 Å². The van der Waals surface area contributed by atoms with E-state index in [0.29, 0.717) is 22.7 Å². The topological polar surface area (TPSA) is 30.7 Å². The van der Waals surface area contributed by atoms with E-state index in [1.165, 1.54) is 6.07 Å². The minimum absolute atomic E-state index is 0.287. The largest absolute Gasteiger partial charge is 0.217 e. The summed E-state index contributed by atoms with van der Waals surface area (Å²) in [6.07, 6.45) is 0. The zero-order valence-electron chi connectivity index (χ0n) is 9.04. The van der Waals surface area contributed by atoms with Crippen LogP contribution in [0.1, 0.15) is 17.2 Å². The fourth-order valence-corrected chi connectivity index (χ4v) is 2.09. The highest BCUT2D eigenvalue weighted by Gasteiger charge is 2.13. The van der Waals surface area contributed by atoms with E-state index in [9.17, 15) is 4.39 Å². The third kappa shape index (κ3) is 1.87. The molecule has 84 valence electrons. The van der Waals surface area contributed by atoms with E-state index in [4.69, 9.17) is 0 Å². The molecule has 0 atom stereocenters. The van der Waals surface area contributed by atoms with Crippen molar-refractivity contribution in [2.45, 2.75) is 19.2 Å². The van der Waals surface area contributed by atoms with Crippen LogP contribution in [0, 0.1) is 19.7 Å². The van der Waals surface area contributed by atoms with Crippen LogP contribution in [0.3, 0.4) is 0 Å². The first kappa shape index (κ1) is 11.3. The Balaban J connectivity index is 2.67. The molecule has 0 bridgehead atoms. The Morgan fingerprint density at radius 1 is 1.38 bits per heavy atom. The van der Waals surface area contributed by atoms with Crippen molar-refractivity contribution < 1.29 is 4.39 Å². The van der Waals surface area contributed by atoms with Crippen molar-refractivity contribution in [2.75, 3.05) is 0 Å². The predicted octanol–water partition coefficient (Wildman–Crippen LogP) is 2.92. The first-order chi connectivity index (χ1) is 7.63. The second-order valence-electron chi connectivity index (χ2n) is 3.50. The van der Waals surface area contributed by atoms with Gasteiger partial charge in [0.05, 0.1) is 0 Å². The van der Waals surface area contributed by atoms with Crippen LogP contribution in [0.5, 0.6) is 0 Å². The average molecular weight is 284 g/mol. The summed E-state index contributed by atoms with van der Waals surface area (Å²) in [7, 11) is 0. The van der Waals surface area contributed by atoms with Crippen molar-refractivity contribution in [2.24, 2.45) is 0 Å². The lowest BCUT2D eigenvalue weighted by Gasteiger charge is -2.09. The highest BCUT2D eigenvalue weighted by molar-refractivity contribution is 9.08. The second-order valence-corrected chi connectivity index (χ2v) is 4.06. The summed E-state index contributed by atoms with van der Waals surface area (Å²) in [5.74, 6) is 1.04. The second kappa shape index (κ2) is 4.33. The lowest BCUT2D eigenvalue weighted by molar-refractivity contribution is 0.605. The molecule has 3 nitrogen and oxygen atoms in total. The van der Waals surface area contributed by atoms with Gasteiger partial charge in [-0.1, -0.05) is 28.1 Å². The fourth-order valence-electron chi connectivity index (χ4n) is 1.64. The molecule has 1 heterocycles. The highest BCUT2D eigenvalue weighted by Crippen LogP contribution is 2.21. The molecule has 1 aromatic heterocycles. The molecule has 0 saturated heterocycles. The number of halogens is 2. The maximum Gasteiger partial charge on any atom is 0.149 e. The molecule has 2 rings (SSSR count). The first-order valence-corrected chi connectivity index (χ1v) is 5.99. The third-order valence-corrected chi connectivity index (χ3v) is 2.91. The molecule has 0 fully saturated rings. The standard InChI is InChI=1S/C11H11BrFN3/c1-7-14-8(2)16(15-7)11-9(6-12)4-3-5-10(11)13/h3-5H,6H2,1-2H3. The van der Waals surface area contributed by atoms with E-state index < -0.39 is 0 Å². The van der Waals surface area contributed by atoms with Crippen molar-refractivity contribution in [1.29, 1.82) is 0 Å². The number of aryl methyl sites for hydroxylation is 2. The quantitative estimate of drug-likeness (QED) is 0.794. The number of hydrogen-bond acceptors (Lipinski definition) is 2. The van der Waals surface area contributed by atoms with Crippen molar-refractivity contribution in [1.82, 2.24) is 14.8 Å². The van der Waals surface area contributed by atoms with E-state index in [1.54, 1.807) is 17.7 Å². The van der Waals surface area contributed by atoms with Crippen LogP contribution in [0.2, 0.25) is 0 Å². The maximum atomic E-state index is 13.8. The van der Waals surface area contributed by atoms with Crippen molar-refractivity contribution in [3.05, 3.63) is 41.2 Å². The predicted molar refractivity (Wildman–Crippen MR) is 63.4 cm³/mol. The molecule has 5 heteroatoms. The molecule has 16 heavy (non-hydrogen) atoms. The molecule has 0 aliphatic carbocycles. The summed E-state index contributed by atoms with van der Waals surface area (Å²) >= 11 is 3.34. The molecular formula is C11H11BrFN3. The van der Waals surface area contributed by atoms with E-state index in [2.05, 4.69) is 26.0 Å². The van der Waals surface area contributed by atoms with Crippen LogP contribution >= 0.6 is 15.9 Å². The van der Waals surface area contributed by atoms with Gasteiger partial charge in [-0.15, -0.1) is 0 Å². The minimum atomic E-state index is -0.287. The Bertz CT molecular complexity index is 522. The van der Waals surface area contributed by atoms with Gasteiger partial charge >= 0.3 is 0 Å². The first-order valence-electron chi connectivity index (χ1n) is 4.87. The fraction of sp³-hybridized carbons (Fsp3) is 0.273. The Morgan fingerprint density at radius 2 is 2.12 bits per heavy atom. The van der Waals surface area contributed by atoms with Gasteiger partial charge in [-0.3, -0.25) is 0 Å². The summed E-state index contributed by atoms with van der Waals surface area (Å²) in [5, 5.41) is 4.78. The molecule has 0 spiro atoms. The molecule has 0 amide bonds. The Labute approximate surface area is 101 Å². The summed E-state index contributed by atoms with van der Waals surface area (Å²) < 4.78 is 15.3. The monoisotopic (exact) mass is 283 g/mol. The SMILES string of the molecule is Cc1nc(C)n(-c2c(F)cccc2CBr)n1. The van der Waals surface area contributed by atoms with Gasteiger partial charge in [0, 0.05) is 5.33 Å². The van der Waals surface area contributed by atoms with Crippen LogP contribution in [-0.2, 0) is 5.33 Å². The lowest BCUT2D eigenvalue weighted by atomic mass is 10.2. The van der Waals surface area contributed by atoms with Crippen molar-refractivity contribution in [3.63, 3.8) is 0 Å². The Hall–Kier alpha value is -1.23. The van der Waals surface area contributed by atoms with Crippen LogP contribution in [0.4, 0.5) is 4.39 Å². The molecule has 0 aliphatic heterocycles.